The van der Waals surface area contributed by atoms with Crippen LogP contribution in [0.2, 0.25) is 0 Å². The number of hydrogen-bond acceptors (Lipinski definition) is 2. The van der Waals surface area contributed by atoms with Crippen LogP contribution in [0.15, 0.2) is 16.6 Å². The van der Waals surface area contributed by atoms with Crippen molar-refractivity contribution < 1.29 is 4.39 Å². The standard InChI is InChI=1S/C8H3BrFN3/c9-5-2-1-4(3-11)6-7(5)13-8(10)12-6/h1-2H,(H,12,13). The smallest absolute Gasteiger partial charge is 0.287 e. The zero-order valence-corrected chi connectivity index (χ0v) is 7.89. The van der Waals surface area contributed by atoms with E-state index >= 15 is 0 Å². The van der Waals surface area contributed by atoms with Crippen LogP contribution >= 0.6 is 15.9 Å². The van der Waals surface area contributed by atoms with E-state index in [1.54, 1.807) is 12.1 Å². The van der Waals surface area contributed by atoms with Crippen molar-refractivity contribution in [2.75, 3.05) is 0 Å². The van der Waals surface area contributed by atoms with Gasteiger partial charge in [-0.1, -0.05) is 0 Å². The molecule has 5 heteroatoms. The van der Waals surface area contributed by atoms with Gasteiger partial charge in [-0.25, -0.2) is 4.98 Å². The molecule has 0 amide bonds. The molecule has 2 rings (SSSR count). The van der Waals surface area contributed by atoms with Crippen molar-refractivity contribution in [3.8, 4) is 6.07 Å². The molecule has 13 heavy (non-hydrogen) atoms. The molecule has 0 aliphatic carbocycles. The van der Waals surface area contributed by atoms with Crippen LogP contribution in [0.3, 0.4) is 0 Å². The maximum absolute atomic E-state index is 12.7. The summed E-state index contributed by atoms with van der Waals surface area (Å²) in [6.45, 7) is 0. The van der Waals surface area contributed by atoms with Gasteiger partial charge in [0.25, 0.3) is 6.08 Å². The summed E-state index contributed by atoms with van der Waals surface area (Å²) in [5.41, 5.74) is 1.25. The third kappa shape index (κ3) is 1.19. The van der Waals surface area contributed by atoms with Crippen molar-refractivity contribution in [1.82, 2.24) is 9.97 Å². The molecular formula is C8H3BrFN3. The molecule has 1 aromatic heterocycles. The second kappa shape index (κ2) is 2.82. The van der Waals surface area contributed by atoms with Crippen LogP contribution in [0.25, 0.3) is 11.0 Å². The van der Waals surface area contributed by atoms with Crippen LogP contribution in [0.4, 0.5) is 4.39 Å². The van der Waals surface area contributed by atoms with Crippen molar-refractivity contribution in [2.24, 2.45) is 0 Å². The number of rotatable bonds is 0. The molecule has 3 nitrogen and oxygen atoms in total. The van der Waals surface area contributed by atoms with Crippen LogP contribution < -0.4 is 0 Å². The van der Waals surface area contributed by atoms with Gasteiger partial charge in [-0.15, -0.1) is 0 Å². The Bertz CT molecular complexity index is 512. The van der Waals surface area contributed by atoms with Crippen LogP contribution in [-0.4, -0.2) is 9.97 Å². The fraction of sp³-hybridized carbons (Fsp3) is 0. The van der Waals surface area contributed by atoms with Gasteiger partial charge in [0, 0.05) is 4.47 Å². The normalized spacial score (nSPS) is 10.2. The van der Waals surface area contributed by atoms with Gasteiger partial charge >= 0.3 is 0 Å². The number of H-pyrrole nitrogens is 1. The predicted octanol–water partition coefficient (Wildman–Crippen LogP) is 2.34. The lowest BCUT2D eigenvalue weighted by Crippen LogP contribution is -1.78. The van der Waals surface area contributed by atoms with Crippen LogP contribution in [-0.2, 0) is 0 Å². The number of benzene rings is 1. The van der Waals surface area contributed by atoms with E-state index in [1.165, 1.54) is 0 Å². The number of aromatic amines is 1. The van der Waals surface area contributed by atoms with Crippen molar-refractivity contribution in [3.63, 3.8) is 0 Å². The fourth-order valence-corrected chi connectivity index (χ4v) is 1.54. The SMILES string of the molecule is N#Cc1ccc(Br)c2nc(F)[nH]c12. The lowest BCUT2D eigenvalue weighted by molar-refractivity contribution is 0.556. The van der Waals surface area contributed by atoms with Crippen LogP contribution in [0.1, 0.15) is 5.56 Å². The zero-order chi connectivity index (χ0) is 9.42. The highest BCUT2D eigenvalue weighted by Gasteiger charge is 2.09. The van der Waals surface area contributed by atoms with E-state index in [2.05, 4.69) is 25.9 Å². The minimum absolute atomic E-state index is 0.384. The van der Waals surface area contributed by atoms with Crippen molar-refractivity contribution in [1.29, 1.82) is 5.26 Å². The average Bonchev–Trinajstić information content (AvgIpc) is 2.48. The first-order valence-corrected chi connectivity index (χ1v) is 4.25. The number of halogens is 2. The topological polar surface area (TPSA) is 52.5 Å². The largest absolute Gasteiger partial charge is 0.313 e. The van der Waals surface area contributed by atoms with Gasteiger partial charge in [-0.3, -0.25) is 0 Å². The number of aromatic nitrogens is 2. The van der Waals surface area contributed by atoms with E-state index in [9.17, 15) is 4.39 Å². The van der Waals surface area contributed by atoms with Gasteiger partial charge in [0.1, 0.15) is 11.6 Å². The quantitative estimate of drug-likeness (QED) is 0.768. The van der Waals surface area contributed by atoms with E-state index in [0.717, 1.165) is 0 Å². The van der Waals surface area contributed by atoms with Gasteiger partial charge in [-0.05, 0) is 28.1 Å². The Labute approximate surface area is 81.3 Å². The van der Waals surface area contributed by atoms with Crippen molar-refractivity contribution >= 4 is 27.0 Å². The molecule has 0 saturated heterocycles. The van der Waals surface area contributed by atoms with E-state index in [0.29, 0.717) is 21.1 Å². The number of fused-ring (bicyclic) bond motifs is 1. The summed E-state index contributed by atoms with van der Waals surface area (Å²) < 4.78 is 13.4. The summed E-state index contributed by atoms with van der Waals surface area (Å²) in [6.07, 6.45) is -0.682. The average molecular weight is 240 g/mol. The van der Waals surface area contributed by atoms with Gasteiger partial charge < -0.3 is 4.98 Å². The lowest BCUT2D eigenvalue weighted by atomic mass is 10.2. The number of nitrogens with one attached hydrogen (secondary N) is 1. The molecule has 0 spiro atoms. The fourth-order valence-electron chi connectivity index (χ4n) is 1.12. The third-order valence-corrected chi connectivity index (χ3v) is 2.33. The monoisotopic (exact) mass is 239 g/mol. The summed E-state index contributed by atoms with van der Waals surface area (Å²) in [7, 11) is 0. The van der Waals surface area contributed by atoms with Gasteiger partial charge in [0.15, 0.2) is 0 Å². The molecular weight excluding hydrogens is 237 g/mol. The lowest BCUT2D eigenvalue weighted by Gasteiger charge is -1.93. The van der Waals surface area contributed by atoms with Gasteiger partial charge in [0.2, 0.25) is 0 Å². The van der Waals surface area contributed by atoms with Crippen LogP contribution in [0.5, 0.6) is 0 Å². The maximum Gasteiger partial charge on any atom is 0.287 e. The Morgan fingerprint density at radius 3 is 3.00 bits per heavy atom. The second-order valence-corrected chi connectivity index (χ2v) is 3.31. The molecule has 0 atom stereocenters. The minimum atomic E-state index is -0.682. The van der Waals surface area contributed by atoms with Crippen molar-refractivity contribution in [2.45, 2.75) is 0 Å². The van der Waals surface area contributed by atoms with E-state index < -0.39 is 6.08 Å². The molecule has 0 bridgehead atoms. The molecule has 2 aromatic rings. The molecule has 0 unspecified atom stereocenters. The Morgan fingerprint density at radius 2 is 2.31 bits per heavy atom. The summed E-state index contributed by atoms with van der Waals surface area (Å²) in [5, 5.41) is 8.70. The highest BCUT2D eigenvalue weighted by molar-refractivity contribution is 9.10. The Morgan fingerprint density at radius 1 is 1.54 bits per heavy atom. The number of nitriles is 1. The summed E-state index contributed by atoms with van der Waals surface area (Å²) >= 11 is 3.21. The zero-order valence-electron chi connectivity index (χ0n) is 6.31. The van der Waals surface area contributed by atoms with Gasteiger partial charge in [-0.2, -0.15) is 9.65 Å². The predicted molar refractivity (Wildman–Crippen MR) is 48.5 cm³/mol. The number of nitrogens with zero attached hydrogens (tertiary/aromatic N) is 2. The Balaban J connectivity index is 2.94. The van der Waals surface area contributed by atoms with E-state index in [4.69, 9.17) is 5.26 Å². The van der Waals surface area contributed by atoms with Crippen LogP contribution in [0, 0.1) is 17.4 Å². The first-order valence-electron chi connectivity index (χ1n) is 3.46. The third-order valence-electron chi connectivity index (χ3n) is 1.69. The molecule has 0 aliphatic rings. The molecule has 1 aromatic carbocycles. The van der Waals surface area contributed by atoms with E-state index in [1.807, 2.05) is 6.07 Å². The first-order chi connectivity index (χ1) is 6.22. The highest BCUT2D eigenvalue weighted by Crippen LogP contribution is 2.24. The molecule has 1 N–H and O–H groups in total. The number of hydrogen-bond donors (Lipinski definition) is 1. The molecule has 0 fully saturated rings. The molecule has 64 valence electrons. The Hall–Kier alpha value is -1.41. The minimum Gasteiger partial charge on any atom is -0.313 e. The van der Waals surface area contributed by atoms with E-state index in [-0.39, 0.29) is 0 Å². The molecule has 1 heterocycles. The Kier molecular flexibility index (Phi) is 1.78. The summed E-state index contributed by atoms with van der Waals surface area (Å²) in [4.78, 5) is 5.99. The molecule has 0 aliphatic heterocycles. The first kappa shape index (κ1) is 8.20. The van der Waals surface area contributed by atoms with Gasteiger partial charge in [0.05, 0.1) is 11.1 Å². The summed E-state index contributed by atoms with van der Waals surface area (Å²) in [6, 6.07) is 5.22. The van der Waals surface area contributed by atoms with Crippen molar-refractivity contribution in [3.05, 3.63) is 28.2 Å². The second-order valence-electron chi connectivity index (χ2n) is 2.46. The molecule has 0 saturated carbocycles. The summed E-state index contributed by atoms with van der Waals surface area (Å²) in [5.74, 6) is 0. The highest BCUT2D eigenvalue weighted by atomic mass is 79.9. The maximum atomic E-state index is 12.7. The number of imidazole rings is 1. The molecule has 0 radical (unpaired) electrons.